The van der Waals surface area contributed by atoms with E-state index in [2.05, 4.69) is 20.7 Å². The highest BCUT2D eigenvalue weighted by atomic mass is 16.2. The topological polar surface area (TPSA) is 98.7 Å². The van der Waals surface area contributed by atoms with Crippen LogP contribution in [0.25, 0.3) is 11.4 Å². The minimum Gasteiger partial charge on any atom is -0.348 e. The monoisotopic (exact) mass is 288 g/mol. The highest BCUT2D eigenvalue weighted by Crippen LogP contribution is 2.13. The lowest BCUT2D eigenvalue weighted by atomic mass is 10.1. The van der Waals surface area contributed by atoms with Crippen molar-refractivity contribution in [2.24, 2.45) is 5.73 Å². The first-order chi connectivity index (χ1) is 9.89. The molecular weight excluding hydrogens is 268 g/mol. The van der Waals surface area contributed by atoms with Crippen LogP contribution in [0.5, 0.6) is 0 Å². The zero-order valence-electron chi connectivity index (χ0n) is 12.5. The molecule has 0 spiro atoms. The molecule has 21 heavy (non-hydrogen) atoms. The van der Waals surface area contributed by atoms with Gasteiger partial charge in [0.2, 0.25) is 11.7 Å². The molecule has 1 heterocycles. The van der Waals surface area contributed by atoms with E-state index in [9.17, 15) is 4.79 Å². The minimum absolute atomic E-state index is 0.0162. The van der Waals surface area contributed by atoms with E-state index in [0.717, 1.165) is 11.1 Å². The standard InChI is InChI=1S/C14H20N6O/c1-10-4-6-11(7-5-10)13-17-19-20(18-13)8-12(21)16-14(2,3)9-15/h4-7H,8-9,15H2,1-3H3,(H,16,21). The second kappa shape index (κ2) is 6.01. The van der Waals surface area contributed by atoms with Crippen molar-refractivity contribution in [3.05, 3.63) is 29.8 Å². The molecular formula is C14H20N6O. The number of hydrogen-bond donors (Lipinski definition) is 2. The zero-order valence-corrected chi connectivity index (χ0v) is 12.5. The number of carbonyl (C=O) groups excluding carboxylic acids is 1. The smallest absolute Gasteiger partial charge is 0.244 e. The third kappa shape index (κ3) is 4.09. The lowest BCUT2D eigenvalue weighted by molar-refractivity contribution is -0.123. The lowest BCUT2D eigenvalue weighted by Gasteiger charge is -2.23. The second-order valence-electron chi connectivity index (χ2n) is 5.65. The van der Waals surface area contributed by atoms with Crippen molar-refractivity contribution >= 4 is 5.91 Å². The summed E-state index contributed by atoms with van der Waals surface area (Å²) in [4.78, 5) is 13.2. The fourth-order valence-electron chi connectivity index (χ4n) is 1.72. The van der Waals surface area contributed by atoms with Crippen molar-refractivity contribution in [3.63, 3.8) is 0 Å². The molecule has 112 valence electrons. The lowest BCUT2D eigenvalue weighted by Crippen LogP contribution is -2.50. The maximum atomic E-state index is 11.9. The Morgan fingerprint density at radius 1 is 1.33 bits per heavy atom. The average molecular weight is 288 g/mol. The molecule has 0 saturated carbocycles. The fourth-order valence-corrected chi connectivity index (χ4v) is 1.72. The van der Waals surface area contributed by atoms with Gasteiger partial charge in [-0.05, 0) is 26.0 Å². The Bertz CT molecular complexity index is 617. The summed E-state index contributed by atoms with van der Waals surface area (Å²) >= 11 is 0. The van der Waals surface area contributed by atoms with Crippen molar-refractivity contribution in [3.8, 4) is 11.4 Å². The highest BCUT2D eigenvalue weighted by Gasteiger charge is 2.19. The molecule has 0 bridgehead atoms. The van der Waals surface area contributed by atoms with Crippen LogP contribution in [0.4, 0.5) is 0 Å². The van der Waals surface area contributed by atoms with Gasteiger partial charge in [-0.3, -0.25) is 4.79 Å². The molecule has 0 unspecified atom stereocenters. The third-order valence-corrected chi connectivity index (χ3v) is 3.04. The van der Waals surface area contributed by atoms with Gasteiger partial charge in [0, 0.05) is 17.6 Å². The summed E-state index contributed by atoms with van der Waals surface area (Å²) in [5.74, 6) is 0.305. The van der Waals surface area contributed by atoms with Crippen LogP contribution in [0.2, 0.25) is 0 Å². The molecule has 0 aliphatic rings. The van der Waals surface area contributed by atoms with E-state index in [0.29, 0.717) is 12.4 Å². The van der Waals surface area contributed by atoms with E-state index in [1.165, 1.54) is 4.80 Å². The Morgan fingerprint density at radius 3 is 2.62 bits per heavy atom. The summed E-state index contributed by atoms with van der Waals surface area (Å²) in [5.41, 5.74) is 7.16. The molecule has 3 N–H and O–H groups in total. The number of hydrogen-bond acceptors (Lipinski definition) is 5. The van der Waals surface area contributed by atoms with E-state index in [-0.39, 0.29) is 12.5 Å². The summed E-state index contributed by atoms with van der Waals surface area (Å²) in [6.45, 7) is 6.10. The summed E-state index contributed by atoms with van der Waals surface area (Å²) in [5, 5.41) is 14.9. The molecule has 2 aromatic rings. The highest BCUT2D eigenvalue weighted by molar-refractivity contribution is 5.76. The van der Waals surface area contributed by atoms with Gasteiger partial charge in [0.25, 0.3) is 0 Å². The number of nitrogens with two attached hydrogens (primary N) is 1. The number of carbonyl (C=O) groups is 1. The molecule has 7 nitrogen and oxygen atoms in total. The zero-order chi connectivity index (χ0) is 15.5. The number of amides is 1. The van der Waals surface area contributed by atoms with Gasteiger partial charge in [0.05, 0.1) is 0 Å². The molecule has 7 heteroatoms. The van der Waals surface area contributed by atoms with Crippen molar-refractivity contribution in [1.82, 2.24) is 25.5 Å². The number of nitrogens with zero attached hydrogens (tertiary/aromatic N) is 4. The summed E-state index contributed by atoms with van der Waals surface area (Å²) in [6, 6.07) is 7.81. The molecule has 0 atom stereocenters. The van der Waals surface area contributed by atoms with E-state index >= 15 is 0 Å². The third-order valence-electron chi connectivity index (χ3n) is 3.04. The van der Waals surface area contributed by atoms with Crippen LogP contribution in [-0.4, -0.2) is 38.2 Å². The predicted molar refractivity (Wildman–Crippen MR) is 79.3 cm³/mol. The SMILES string of the molecule is Cc1ccc(-c2nnn(CC(=O)NC(C)(C)CN)n2)cc1. The van der Waals surface area contributed by atoms with Crippen LogP contribution < -0.4 is 11.1 Å². The molecule has 1 aromatic carbocycles. The van der Waals surface area contributed by atoms with E-state index in [4.69, 9.17) is 5.73 Å². The molecule has 0 aliphatic carbocycles. The fraction of sp³-hybridized carbons (Fsp3) is 0.429. The Balaban J connectivity index is 2.03. The Labute approximate surface area is 123 Å². The first kappa shape index (κ1) is 15.1. The van der Waals surface area contributed by atoms with Gasteiger partial charge in [-0.25, -0.2) is 0 Å². The number of benzene rings is 1. The van der Waals surface area contributed by atoms with Gasteiger partial charge in [0.1, 0.15) is 6.54 Å². The van der Waals surface area contributed by atoms with Crippen LogP contribution in [-0.2, 0) is 11.3 Å². The van der Waals surface area contributed by atoms with Crippen molar-refractivity contribution in [1.29, 1.82) is 0 Å². The molecule has 1 aromatic heterocycles. The molecule has 2 rings (SSSR count). The maximum absolute atomic E-state index is 11.9. The van der Waals surface area contributed by atoms with E-state index in [1.807, 2.05) is 45.0 Å². The molecule has 0 saturated heterocycles. The largest absolute Gasteiger partial charge is 0.348 e. The Morgan fingerprint density at radius 2 is 2.00 bits per heavy atom. The van der Waals surface area contributed by atoms with Gasteiger partial charge in [-0.15, -0.1) is 10.2 Å². The average Bonchev–Trinajstić information content (AvgIpc) is 2.87. The van der Waals surface area contributed by atoms with Crippen molar-refractivity contribution in [2.75, 3.05) is 6.54 Å². The van der Waals surface area contributed by atoms with Gasteiger partial charge in [-0.1, -0.05) is 29.8 Å². The predicted octanol–water partition coefficient (Wildman–Crippen LogP) is 0.502. The number of aryl methyl sites for hydroxylation is 1. The van der Waals surface area contributed by atoms with Crippen molar-refractivity contribution in [2.45, 2.75) is 32.9 Å². The minimum atomic E-state index is -0.447. The first-order valence-corrected chi connectivity index (χ1v) is 6.75. The number of aromatic nitrogens is 4. The van der Waals surface area contributed by atoms with Crippen LogP contribution in [0.1, 0.15) is 19.4 Å². The van der Waals surface area contributed by atoms with Gasteiger partial charge >= 0.3 is 0 Å². The number of tetrazole rings is 1. The van der Waals surface area contributed by atoms with Crippen LogP contribution >= 0.6 is 0 Å². The van der Waals surface area contributed by atoms with Crippen molar-refractivity contribution < 1.29 is 4.79 Å². The Hall–Kier alpha value is -2.28. The van der Waals surface area contributed by atoms with Gasteiger partial charge < -0.3 is 11.1 Å². The van der Waals surface area contributed by atoms with Crippen LogP contribution in [0.15, 0.2) is 24.3 Å². The normalized spacial score (nSPS) is 11.4. The van der Waals surface area contributed by atoms with E-state index in [1.54, 1.807) is 0 Å². The van der Waals surface area contributed by atoms with Crippen LogP contribution in [0, 0.1) is 6.92 Å². The van der Waals surface area contributed by atoms with Crippen LogP contribution in [0.3, 0.4) is 0 Å². The molecule has 1 amide bonds. The molecule has 0 radical (unpaired) electrons. The number of nitrogens with one attached hydrogen (secondary N) is 1. The quantitative estimate of drug-likeness (QED) is 0.835. The second-order valence-corrected chi connectivity index (χ2v) is 5.65. The van der Waals surface area contributed by atoms with E-state index < -0.39 is 5.54 Å². The Kier molecular flexibility index (Phi) is 4.32. The number of rotatable bonds is 5. The van der Waals surface area contributed by atoms with Gasteiger partial charge in [-0.2, -0.15) is 4.80 Å². The molecule has 0 aliphatic heterocycles. The summed E-state index contributed by atoms with van der Waals surface area (Å²) in [6.07, 6.45) is 0. The maximum Gasteiger partial charge on any atom is 0.244 e. The summed E-state index contributed by atoms with van der Waals surface area (Å²) < 4.78 is 0. The summed E-state index contributed by atoms with van der Waals surface area (Å²) in [7, 11) is 0. The first-order valence-electron chi connectivity index (χ1n) is 6.75. The van der Waals surface area contributed by atoms with Gasteiger partial charge in [0.15, 0.2) is 0 Å². The molecule has 0 fully saturated rings.